The van der Waals surface area contributed by atoms with Gasteiger partial charge in [-0.1, -0.05) is 0 Å². The van der Waals surface area contributed by atoms with E-state index in [-0.39, 0.29) is 0 Å². The van der Waals surface area contributed by atoms with Crippen LogP contribution >= 0.6 is 0 Å². The molecule has 0 aliphatic carbocycles. The highest BCUT2D eigenvalue weighted by Gasteiger charge is 1.96. The van der Waals surface area contributed by atoms with Gasteiger partial charge in [0.05, 0.1) is 0 Å². The molecule has 1 aromatic carbocycles. The monoisotopic (exact) mass is 184 g/mol. The van der Waals surface area contributed by atoms with Crippen molar-refractivity contribution in [2.45, 2.75) is 6.92 Å². The predicted molar refractivity (Wildman–Crippen MR) is 53.3 cm³/mol. The molecule has 0 bridgehead atoms. The van der Waals surface area contributed by atoms with Crippen LogP contribution in [0.1, 0.15) is 5.56 Å². The second-order valence-electron chi connectivity index (χ2n) is 2.63. The second kappa shape index (κ2) is 3.58. The molecule has 0 aliphatic heterocycles. The molecule has 1 unspecified atom stereocenters. The van der Waals surface area contributed by atoms with Gasteiger partial charge in [-0.25, -0.2) is 4.21 Å². The first-order valence-electron chi connectivity index (χ1n) is 3.56. The van der Waals surface area contributed by atoms with Gasteiger partial charge in [0.25, 0.3) is 0 Å². The number of nitrogens with two attached hydrogens (primary N) is 1. The molecule has 0 radical (unpaired) electrons. The Morgan fingerprint density at radius 1 is 1.50 bits per heavy atom. The smallest absolute Gasteiger partial charge is 0.113 e. The van der Waals surface area contributed by atoms with Crippen molar-refractivity contribution in [3.8, 4) is 0 Å². The molecule has 1 rings (SSSR count). The van der Waals surface area contributed by atoms with Crippen LogP contribution in [-0.4, -0.2) is 10.5 Å². The summed E-state index contributed by atoms with van der Waals surface area (Å²) in [6.07, 6.45) is 1.59. The molecule has 0 aromatic heterocycles. The zero-order chi connectivity index (χ0) is 9.14. The third-order valence-corrected chi connectivity index (χ3v) is 2.05. The molecule has 3 N–H and O–H groups in total. The molecule has 12 heavy (non-hydrogen) atoms. The molecule has 4 heteroatoms. The molecular weight excluding hydrogens is 172 g/mol. The van der Waals surface area contributed by atoms with E-state index in [0.29, 0.717) is 0 Å². The molecule has 0 heterocycles. The minimum absolute atomic E-state index is 0.752. The Balaban J connectivity index is 2.89. The Morgan fingerprint density at radius 3 is 2.67 bits per heavy atom. The van der Waals surface area contributed by atoms with Crippen LogP contribution in [0.4, 0.5) is 11.4 Å². The van der Waals surface area contributed by atoms with Crippen LogP contribution in [0.5, 0.6) is 0 Å². The van der Waals surface area contributed by atoms with Gasteiger partial charge in [-0.15, -0.1) is 0 Å². The summed E-state index contributed by atoms with van der Waals surface area (Å²) >= 11 is 0. The minimum Gasteiger partial charge on any atom is -0.399 e. The summed E-state index contributed by atoms with van der Waals surface area (Å²) in [7, 11) is -1.02. The van der Waals surface area contributed by atoms with E-state index in [0.717, 1.165) is 16.9 Å². The van der Waals surface area contributed by atoms with Gasteiger partial charge in [-0.3, -0.25) is 0 Å². The number of nitrogens with one attached hydrogen (secondary N) is 1. The largest absolute Gasteiger partial charge is 0.399 e. The van der Waals surface area contributed by atoms with Crippen molar-refractivity contribution in [3.63, 3.8) is 0 Å². The summed E-state index contributed by atoms with van der Waals surface area (Å²) < 4.78 is 13.6. The molecule has 1 atom stereocenters. The highest BCUT2D eigenvalue weighted by molar-refractivity contribution is 7.85. The summed E-state index contributed by atoms with van der Waals surface area (Å²) in [5, 5.41) is 0. The molecular formula is C8H12N2OS. The fourth-order valence-corrected chi connectivity index (χ4v) is 1.36. The summed E-state index contributed by atoms with van der Waals surface area (Å²) in [5.74, 6) is 0. The first-order valence-corrected chi connectivity index (χ1v) is 5.11. The standard InChI is InChI=1S/C8H12N2OS/c1-6-5-7(10-12(2)11)3-4-8(6)9/h3-5,10H,9H2,1-2H3. The van der Waals surface area contributed by atoms with Crippen molar-refractivity contribution in [1.82, 2.24) is 0 Å². The van der Waals surface area contributed by atoms with Crippen molar-refractivity contribution in [2.24, 2.45) is 0 Å². The predicted octanol–water partition coefficient (Wildman–Crippen LogP) is 1.28. The minimum atomic E-state index is -1.02. The Bertz CT molecular complexity index is 312. The van der Waals surface area contributed by atoms with Crippen molar-refractivity contribution < 1.29 is 4.21 Å². The highest BCUT2D eigenvalue weighted by Crippen LogP contribution is 2.16. The van der Waals surface area contributed by atoms with E-state index in [1.54, 1.807) is 12.3 Å². The Hall–Kier alpha value is -1.03. The third kappa shape index (κ3) is 2.23. The van der Waals surface area contributed by atoms with E-state index in [9.17, 15) is 4.21 Å². The van der Waals surface area contributed by atoms with Crippen LogP contribution in [-0.2, 0) is 11.0 Å². The summed E-state index contributed by atoms with van der Waals surface area (Å²) in [6, 6.07) is 5.48. The first-order chi connectivity index (χ1) is 5.59. The van der Waals surface area contributed by atoms with Gasteiger partial charge in [0.2, 0.25) is 0 Å². The lowest BCUT2D eigenvalue weighted by Gasteiger charge is -2.04. The molecule has 0 amide bonds. The molecule has 3 nitrogen and oxygen atoms in total. The molecule has 0 saturated carbocycles. The number of anilines is 2. The maximum atomic E-state index is 10.8. The lowest BCUT2D eigenvalue weighted by Crippen LogP contribution is -2.01. The maximum Gasteiger partial charge on any atom is 0.113 e. The molecule has 1 aromatic rings. The molecule has 0 aliphatic rings. The average Bonchev–Trinajstić information content (AvgIpc) is 1.96. The molecule has 0 fully saturated rings. The summed E-state index contributed by atoms with van der Waals surface area (Å²) in [4.78, 5) is 0. The van der Waals surface area contributed by atoms with E-state index in [2.05, 4.69) is 4.72 Å². The molecule has 0 spiro atoms. The highest BCUT2D eigenvalue weighted by atomic mass is 32.2. The van der Waals surface area contributed by atoms with Crippen molar-refractivity contribution in [3.05, 3.63) is 23.8 Å². The fraction of sp³-hybridized carbons (Fsp3) is 0.250. The lowest BCUT2D eigenvalue weighted by molar-refractivity contribution is 0.690. The average molecular weight is 184 g/mol. The first kappa shape index (κ1) is 9.06. The Kier molecular flexibility index (Phi) is 2.70. The fourth-order valence-electron chi connectivity index (χ4n) is 0.905. The number of benzene rings is 1. The van der Waals surface area contributed by atoms with Gasteiger partial charge in [0, 0.05) is 17.6 Å². The topological polar surface area (TPSA) is 55.1 Å². The summed E-state index contributed by atoms with van der Waals surface area (Å²) in [5.41, 5.74) is 8.19. The van der Waals surface area contributed by atoms with Crippen LogP contribution in [0.3, 0.4) is 0 Å². The number of hydrogen-bond donors (Lipinski definition) is 2. The van der Waals surface area contributed by atoms with Crippen molar-refractivity contribution >= 4 is 22.4 Å². The van der Waals surface area contributed by atoms with Crippen LogP contribution in [0.15, 0.2) is 18.2 Å². The van der Waals surface area contributed by atoms with Gasteiger partial charge in [-0.2, -0.15) is 0 Å². The third-order valence-electron chi connectivity index (χ3n) is 1.53. The number of aryl methyl sites for hydroxylation is 1. The van der Waals surface area contributed by atoms with E-state index in [1.807, 2.05) is 19.1 Å². The van der Waals surface area contributed by atoms with Gasteiger partial charge >= 0.3 is 0 Å². The van der Waals surface area contributed by atoms with Crippen LogP contribution in [0.2, 0.25) is 0 Å². The Labute approximate surface area is 74.6 Å². The van der Waals surface area contributed by atoms with E-state index in [1.165, 1.54) is 0 Å². The zero-order valence-corrected chi connectivity index (χ0v) is 7.94. The Morgan fingerprint density at radius 2 is 2.17 bits per heavy atom. The van der Waals surface area contributed by atoms with Crippen LogP contribution in [0.25, 0.3) is 0 Å². The summed E-state index contributed by atoms with van der Waals surface area (Å²) in [6.45, 7) is 1.92. The SMILES string of the molecule is Cc1cc(NS(C)=O)ccc1N. The van der Waals surface area contributed by atoms with Gasteiger partial charge < -0.3 is 10.5 Å². The number of rotatable bonds is 2. The van der Waals surface area contributed by atoms with E-state index < -0.39 is 11.0 Å². The normalized spacial score (nSPS) is 12.5. The van der Waals surface area contributed by atoms with E-state index >= 15 is 0 Å². The van der Waals surface area contributed by atoms with Crippen molar-refractivity contribution in [1.29, 1.82) is 0 Å². The number of hydrogen-bond acceptors (Lipinski definition) is 2. The number of nitrogen functional groups attached to an aromatic ring is 1. The van der Waals surface area contributed by atoms with Crippen LogP contribution < -0.4 is 10.5 Å². The van der Waals surface area contributed by atoms with Crippen molar-refractivity contribution in [2.75, 3.05) is 16.7 Å². The zero-order valence-electron chi connectivity index (χ0n) is 7.13. The molecule has 0 saturated heterocycles. The quantitative estimate of drug-likeness (QED) is 0.680. The van der Waals surface area contributed by atoms with Gasteiger partial charge in [-0.05, 0) is 30.7 Å². The van der Waals surface area contributed by atoms with Gasteiger partial charge in [0.1, 0.15) is 11.0 Å². The second-order valence-corrected chi connectivity index (χ2v) is 3.74. The van der Waals surface area contributed by atoms with Crippen LogP contribution in [0, 0.1) is 6.92 Å². The van der Waals surface area contributed by atoms with E-state index in [4.69, 9.17) is 5.73 Å². The lowest BCUT2D eigenvalue weighted by atomic mass is 10.2. The molecule has 66 valence electrons. The van der Waals surface area contributed by atoms with Gasteiger partial charge in [0.15, 0.2) is 0 Å². The maximum absolute atomic E-state index is 10.8.